The molecule has 1 aliphatic rings. The van der Waals surface area contributed by atoms with Crippen LogP contribution >= 0.6 is 15.9 Å². The van der Waals surface area contributed by atoms with E-state index in [0.717, 1.165) is 27.7 Å². The van der Waals surface area contributed by atoms with E-state index >= 15 is 0 Å². The van der Waals surface area contributed by atoms with Gasteiger partial charge in [-0.3, -0.25) is 0 Å². The molecule has 1 N–H and O–H groups in total. The SMILES string of the molecule is CCc1ccc([C@H]2C=C(c3ccc(Br)cc3)Nc3nnnn32)cc1. The van der Waals surface area contributed by atoms with Crippen LogP contribution in [0.4, 0.5) is 5.95 Å². The van der Waals surface area contributed by atoms with Crippen LogP contribution < -0.4 is 5.32 Å². The van der Waals surface area contributed by atoms with Gasteiger partial charge in [-0.05, 0) is 51.7 Å². The highest BCUT2D eigenvalue weighted by Crippen LogP contribution is 2.32. The van der Waals surface area contributed by atoms with Crippen LogP contribution in [0.5, 0.6) is 0 Å². The summed E-state index contributed by atoms with van der Waals surface area (Å²) in [4.78, 5) is 0. The third-order valence-corrected chi connectivity index (χ3v) is 4.74. The average molecular weight is 382 g/mol. The van der Waals surface area contributed by atoms with Crippen LogP contribution in [0.25, 0.3) is 5.70 Å². The molecule has 24 heavy (non-hydrogen) atoms. The van der Waals surface area contributed by atoms with Gasteiger partial charge in [0, 0.05) is 10.2 Å². The molecule has 0 fully saturated rings. The molecule has 120 valence electrons. The van der Waals surface area contributed by atoms with E-state index in [2.05, 4.69) is 86.2 Å². The smallest absolute Gasteiger partial charge is 0.248 e. The summed E-state index contributed by atoms with van der Waals surface area (Å²) in [6.45, 7) is 2.16. The first kappa shape index (κ1) is 15.1. The second-order valence-corrected chi connectivity index (χ2v) is 6.61. The van der Waals surface area contributed by atoms with E-state index in [1.165, 1.54) is 5.56 Å². The van der Waals surface area contributed by atoms with Gasteiger partial charge in [-0.15, -0.1) is 0 Å². The van der Waals surface area contributed by atoms with Crippen molar-refractivity contribution in [3.05, 3.63) is 75.8 Å². The molecule has 2 heterocycles. The number of aromatic nitrogens is 4. The second-order valence-electron chi connectivity index (χ2n) is 5.70. The highest BCUT2D eigenvalue weighted by atomic mass is 79.9. The van der Waals surface area contributed by atoms with Crippen molar-refractivity contribution in [3.63, 3.8) is 0 Å². The van der Waals surface area contributed by atoms with Gasteiger partial charge in [-0.25, -0.2) is 0 Å². The van der Waals surface area contributed by atoms with E-state index in [1.807, 2.05) is 16.8 Å². The molecule has 2 aromatic carbocycles. The molecule has 0 radical (unpaired) electrons. The molecule has 6 heteroatoms. The van der Waals surface area contributed by atoms with Gasteiger partial charge in [0.2, 0.25) is 5.95 Å². The zero-order valence-electron chi connectivity index (χ0n) is 13.1. The molecule has 0 saturated carbocycles. The zero-order valence-corrected chi connectivity index (χ0v) is 14.7. The predicted octanol–water partition coefficient (Wildman–Crippen LogP) is 4.05. The van der Waals surface area contributed by atoms with Crippen molar-refractivity contribution in [1.82, 2.24) is 20.2 Å². The van der Waals surface area contributed by atoms with Crippen LogP contribution in [0.1, 0.15) is 29.7 Å². The predicted molar refractivity (Wildman–Crippen MR) is 97.5 cm³/mol. The average Bonchev–Trinajstić information content (AvgIpc) is 3.10. The lowest BCUT2D eigenvalue weighted by Crippen LogP contribution is -2.20. The number of hydrogen-bond donors (Lipinski definition) is 1. The molecule has 0 unspecified atom stereocenters. The number of tetrazole rings is 1. The quantitative estimate of drug-likeness (QED) is 0.743. The molecule has 0 amide bonds. The van der Waals surface area contributed by atoms with E-state index in [0.29, 0.717) is 5.95 Å². The maximum Gasteiger partial charge on any atom is 0.248 e. The van der Waals surface area contributed by atoms with Crippen LogP contribution in [0.15, 0.2) is 59.1 Å². The lowest BCUT2D eigenvalue weighted by molar-refractivity contribution is 0.585. The summed E-state index contributed by atoms with van der Waals surface area (Å²) in [5.41, 5.74) is 4.59. The molecule has 1 atom stereocenters. The summed E-state index contributed by atoms with van der Waals surface area (Å²) >= 11 is 3.47. The van der Waals surface area contributed by atoms with E-state index < -0.39 is 0 Å². The number of anilines is 1. The van der Waals surface area contributed by atoms with Gasteiger partial charge in [-0.2, -0.15) is 4.68 Å². The highest BCUT2D eigenvalue weighted by molar-refractivity contribution is 9.10. The van der Waals surface area contributed by atoms with E-state index in [4.69, 9.17) is 0 Å². The van der Waals surface area contributed by atoms with Crippen molar-refractivity contribution in [2.75, 3.05) is 5.32 Å². The van der Waals surface area contributed by atoms with Crippen LogP contribution in [0, 0.1) is 0 Å². The summed E-state index contributed by atoms with van der Waals surface area (Å²) < 4.78 is 2.86. The van der Waals surface area contributed by atoms with Gasteiger partial charge < -0.3 is 5.32 Å². The maximum atomic E-state index is 4.14. The molecule has 1 aliphatic heterocycles. The van der Waals surface area contributed by atoms with Gasteiger partial charge in [-0.1, -0.05) is 64.4 Å². The number of fused-ring (bicyclic) bond motifs is 1. The molecule has 0 bridgehead atoms. The number of hydrogen-bond acceptors (Lipinski definition) is 4. The first-order valence-electron chi connectivity index (χ1n) is 7.86. The fraction of sp³-hybridized carbons (Fsp3) is 0.167. The summed E-state index contributed by atoms with van der Waals surface area (Å²) in [7, 11) is 0. The number of nitrogens with zero attached hydrogens (tertiary/aromatic N) is 4. The minimum absolute atomic E-state index is 0.0270. The Kier molecular flexibility index (Phi) is 3.90. The minimum atomic E-state index is -0.0270. The number of nitrogens with one attached hydrogen (secondary N) is 1. The first-order chi connectivity index (χ1) is 11.7. The lowest BCUT2D eigenvalue weighted by atomic mass is 10.00. The summed E-state index contributed by atoms with van der Waals surface area (Å²) in [6, 6.07) is 16.8. The Labute approximate surface area is 148 Å². The Balaban J connectivity index is 1.77. The zero-order chi connectivity index (χ0) is 16.5. The van der Waals surface area contributed by atoms with Gasteiger partial charge in [0.15, 0.2) is 0 Å². The fourth-order valence-corrected chi connectivity index (χ4v) is 3.10. The Bertz CT molecular complexity index is 881. The van der Waals surface area contributed by atoms with Crippen molar-refractivity contribution in [1.29, 1.82) is 0 Å². The summed E-state index contributed by atoms with van der Waals surface area (Å²) in [6.07, 6.45) is 3.19. The number of aryl methyl sites for hydroxylation is 1. The van der Waals surface area contributed by atoms with Crippen molar-refractivity contribution in [2.45, 2.75) is 19.4 Å². The number of allylic oxidation sites excluding steroid dienone is 1. The molecular weight excluding hydrogens is 366 g/mol. The third kappa shape index (κ3) is 2.73. The molecule has 0 saturated heterocycles. The standard InChI is InChI=1S/C18H16BrN5/c1-2-12-3-5-14(6-4-12)17-11-16(13-7-9-15(19)10-8-13)20-18-21-22-23-24(17)18/h3-11,17H,2H2,1H3,(H,20,21,23)/t17-/m1/s1. The van der Waals surface area contributed by atoms with Crippen molar-refractivity contribution in [2.24, 2.45) is 0 Å². The molecule has 5 nitrogen and oxygen atoms in total. The van der Waals surface area contributed by atoms with Gasteiger partial charge >= 0.3 is 0 Å². The van der Waals surface area contributed by atoms with E-state index in [1.54, 1.807) is 0 Å². The molecule has 1 aromatic heterocycles. The second kappa shape index (κ2) is 6.20. The van der Waals surface area contributed by atoms with Crippen LogP contribution in [0.3, 0.4) is 0 Å². The van der Waals surface area contributed by atoms with E-state index in [9.17, 15) is 0 Å². The van der Waals surface area contributed by atoms with Crippen LogP contribution in [0.2, 0.25) is 0 Å². The molecular formula is C18H16BrN5. The van der Waals surface area contributed by atoms with Crippen molar-refractivity contribution < 1.29 is 0 Å². The normalized spacial score (nSPS) is 16.2. The summed E-state index contributed by atoms with van der Waals surface area (Å²) in [5, 5.41) is 15.4. The summed E-state index contributed by atoms with van der Waals surface area (Å²) in [5.74, 6) is 0.653. The number of halogens is 1. The van der Waals surface area contributed by atoms with Gasteiger partial charge in [0.25, 0.3) is 0 Å². The Hall–Kier alpha value is -2.47. The Morgan fingerprint density at radius 2 is 1.83 bits per heavy atom. The topological polar surface area (TPSA) is 55.6 Å². The van der Waals surface area contributed by atoms with E-state index in [-0.39, 0.29) is 6.04 Å². The Morgan fingerprint density at radius 1 is 1.08 bits per heavy atom. The largest absolute Gasteiger partial charge is 0.323 e. The highest BCUT2D eigenvalue weighted by Gasteiger charge is 2.24. The first-order valence-corrected chi connectivity index (χ1v) is 8.65. The van der Waals surface area contributed by atoms with Crippen LogP contribution in [-0.4, -0.2) is 20.2 Å². The van der Waals surface area contributed by atoms with Crippen molar-refractivity contribution in [3.8, 4) is 0 Å². The molecule has 0 spiro atoms. The van der Waals surface area contributed by atoms with Gasteiger partial charge in [0.1, 0.15) is 6.04 Å². The van der Waals surface area contributed by atoms with Crippen LogP contribution in [-0.2, 0) is 6.42 Å². The minimum Gasteiger partial charge on any atom is -0.323 e. The fourth-order valence-electron chi connectivity index (χ4n) is 2.84. The molecule has 4 rings (SSSR count). The maximum absolute atomic E-state index is 4.14. The third-order valence-electron chi connectivity index (χ3n) is 4.21. The Morgan fingerprint density at radius 3 is 2.54 bits per heavy atom. The number of benzene rings is 2. The van der Waals surface area contributed by atoms with Gasteiger partial charge in [0.05, 0.1) is 0 Å². The molecule has 3 aromatic rings. The monoisotopic (exact) mass is 381 g/mol. The van der Waals surface area contributed by atoms with Crippen molar-refractivity contribution >= 4 is 27.6 Å². The number of rotatable bonds is 3. The molecule has 0 aliphatic carbocycles. The lowest BCUT2D eigenvalue weighted by Gasteiger charge is -2.23.